The summed E-state index contributed by atoms with van der Waals surface area (Å²) in [5, 5.41) is 17.7. The van der Waals surface area contributed by atoms with Crippen molar-refractivity contribution in [3.05, 3.63) is 0 Å². The summed E-state index contributed by atoms with van der Waals surface area (Å²) >= 11 is 1.69. The quantitative estimate of drug-likeness (QED) is 0.713. The fourth-order valence-electron chi connectivity index (χ4n) is 1.81. The van der Waals surface area contributed by atoms with E-state index >= 15 is 0 Å². The highest BCUT2D eigenvalue weighted by atomic mass is 32.2. The Kier molecular flexibility index (Phi) is 5.33. The molecule has 0 aromatic carbocycles. The minimum absolute atomic E-state index is 0.127. The molecular weight excluding hydrogens is 200 g/mol. The summed E-state index contributed by atoms with van der Waals surface area (Å²) in [6, 6.07) is 0. The maximum atomic E-state index is 10.3. The highest BCUT2D eigenvalue weighted by Crippen LogP contribution is 2.28. The largest absolute Gasteiger partial charge is 0.481 e. The SMILES string of the molecule is O=C(O)CC(O)CSCC1CCCC1. The Balaban J connectivity index is 1.99. The van der Waals surface area contributed by atoms with Crippen LogP contribution in [0.5, 0.6) is 0 Å². The smallest absolute Gasteiger partial charge is 0.306 e. The van der Waals surface area contributed by atoms with Gasteiger partial charge in [0.05, 0.1) is 12.5 Å². The van der Waals surface area contributed by atoms with Crippen LogP contribution in [0.1, 0.15) is 32.1 Å². The van der Waals surface area contributed by atoms with Gasteiger partial charge in [0.25, 0.3) is 0 Å². The Morgan fingerprint density at radius 2 is 2.07 bits per heavy atom. The first-order valence-electron chi connectivity index (χ1n) is 5.16. The number of aliphatic hydroxyl groups is 1. The summed E-state index contributed by atoms with van der Waals surface area (Å²) in [6.45, 7) is 0. The van der Waals surface area contributed by atoms with Crippen molar-refractivity contribution in [2.45, 2.75) is 38.2 Å². The second-order valence-corrected chi connectivity index (χ2v) is 5.01. The molecule has 1 atom stereocenters. The number of carbonyl (C=O) groups is 1. The monoisotopic (exact) mass is 218 g/mol. The number of carboxylic acids is 1. The van der Waals surface area contributed by atoms with E-state index in [-0.39, 0.29) is 6.42 Å². The third kappa shape index (κ3) is 4.86. The van der Waals surface area contributed by atoms with Gasteiger partial charge < -0.3 is 10.2 Å². The maximum absolute atomic E-state index is 10.3. The van der Waals surface area contributed by atoms with Crippen LogP contribution < -0.4 is 0 Å². The zero-order chi connectivity index (χ0) is 10.4. The van der Waals surface area contributed by atoms with Gasteiger partial charge >= 0.3 is 5.97 Å². The molecule has 1 saturated carbocycles. The van der Waals surface area contributed by atoms with Crippen LogP contribution in [0.15, 0.2) is 0 Å². The normalized spacial score (nSPS) is 19.8. The van der Waals surface area contributed by atoms with Gasteiger partial charge in [-0.25, -0.2) is 0 Å². The Labute approximate surface area is 88.9 Å². The van der Waals surface area contributed by atoms with Gasteiger partial charge in [0.2, 0.25) is 0 Å². The van der Waals surface area contributed by atoms with Crippen LogP contribution >= 0.6 is 11.8 Å². The van der Waals surface area contributed by atoms with Crippen LogP contribution in [-0.4, -0.2) is 33.8 Å². The van der Waals surface area contributed by atoms with E-state index in [1.54, 1.807) is 11.8 Å². The predicted octanol–water partition coefficient (Wildman–Crippen LogP) is 1.75. The molecule has 0 aliphatic heterocycles. The Morgan fingerprint density at radius 1 is 1.43 bits per heavy atom. The Morgan fingerprint density at radius 3 is 2.64 bits per heavy atom. The van der Waals surface area contributed by atoms with Gasteiger partial charge in [0.1, 0.15) is 0 Å². The van der Waals surface area contributed by atoms with Crippen molar-refractivity contribution in [1.29, 1.82) is 0 Å². The first kappa shape index (κ1) is 11.9. The fraction of sp³-hybridized carbons (Fsp3) is 0.900. The third-order valence-electron chi connectivity index (χ3n) is 2.55. The van der Waals surface area contributed by atoms with Crippen LogP contribution in [0, 0.1) is 5.92 Å². The molecule has 0 bridgehead atoms. The summed E-state index contributed by atoms with van der Waals surface area (Å²) in [6.07, 6.45) is 4.48. The van der Waals surface area contributed by atoms with Gasteiger partial charge in [-0.05, 0) is 24.5 Å². The lowest BCUT2D eigenvalue weighted by Gasteiger charge is -2.10. The molecule has 0 radical (unpaired) electrons. The molecule has 82 valence electrons. The van der Waals surface area contributed by atoms with Gasteiger partial charge in [0, 0.05) is 5.75 Å². The number of aliphatic hydroxyl groups excluding tert-OH is 1. The second kappa shape index (κ2) is 6.30. The van der Waals surface area contributed by atoms with Gasteiger partial charge in [0.15, 0.2) is 0 Å². The Bertz CT molecular complexity index is 178. The van der Waals surface area contributed by atoms with Crippen molar-refractivity contribution in [2.24, 2.45) is 5.92 Å². The molecule has 0 heterocycles. The lowest BCUT2D eigenvalue weighted by atomic mass is 10.1. The van der Waals surface area contributed by atoms with Crippen LogP contribution in [0.4, 0.5) is 0 Å². The van der Waals surface area contributed by atoms with E-state index in [0.29, 0.717) is 5.75 Å². The van der Waals surface area contributed by atoms with Crippen molar-refractivity contribution < 1.29 is 15.0 Å². The lowest BCUT2D eigenvalue weighted by Crippen LogP contribution is -2.16. The minimum atomic E-state index is -0.918. The number of aliphatic carboxylic acids is 1. The molecule has 4 heteroatoms. The molecular formula is C10H18O3S. The van der Waals surface area contributed by atoms with Crippen LogP contribution in [0.25, 0.3) is 0 Å². The highest BCUT2D eigenvalue weighted by Gasteiger charge is 2.16. The van der Waals surface area contributed by atoms with E-state index < -0.39 is 12.1 Å². The molecule has 0 saturated heterocycles. The predicted molar refractivity (Wildman–Crippen MR) is 57.5 cm³/mol. The maximum Gasteiger partial charge on any atom is 0.306 e. The molecule has 2 N–H and O–H groups in total. The van der Waals surface area contributed by atoms with Crippen LogP contribution in [-0.2, 0) is 4.79 Å². The summed E-state index contributed by atoms with van der Waals surface area (Å²) in [5.41, 5.74) is 0. The third-order valence-corrected chi connectivity index (χ3v) is 3.88. The van der Waals surface area contributed by atoms with Crippen molar-refractivity contribution >= 4 is 17.7 Å². The minimum Gasteiger partial charge on any atom is -0.481 e. The van der Waals surface area contributed by atoms with E-state index in [4.69, 9.17) is 5.11 Å². The number of rotatable bonds is 6. The molecule has 3 nitrogen and oxygen atoms in total. The molecule has 1 aliphatic rings. The Hall–Kier alpha value is -0.220. The summed E-state index contributed by atoms with van der Waals surface area (Å²) in [5.74, 6) is 1.52. The molecule has 0 aromatic heterocycles. The topological polar surface area (TPSA) is 57.5 Å². The van der Waals surface area contributed by atoms with E-state index in [1.807, 2.05) is 0 Å². The summed E-state index contributed by atoms with van der Waals surface area (Å²) in [7, 11) is 0. The van der Waals surface area contributed by atoms with Gasteiger partial charge in [-0.3, -0.25) is 4.79 Å². The molecule has 14 heavy (non-hydrogen) atoms. The molecule has 1 unspecified atom stereocenters. The number of carboxylic acid groups (broad SMARTS) is 1. The second-order valence-electron chi connectivity index (χ2n) is 3.94. The van der Waals surface area contributed by atoms with Gasteiger partial charge in [-0.1, -0.05) is 12.8 Å². The van der Waals surface area contributed by atoms with E-state index in [2.05, 4.69) is 0 Å². The molecule has 1 aliphatic carbocycles. The average molecular weight is 218 g/mol. The van der Waals surface area contributed by atoms with Gasteiger partial charge in [-0.15, -0.1) is 0 Å². The van der Waals surface area contributed by atoms with E-state index in [0.717, 1.165) is 11.7 Å². The number of thioether (sulfide) groups is 1. The van der Waals surface area contributed by atoms with Crippen LogP contribution in [0.3, 0.4) is 0 Å². The van der Waals surface area contributed by atoms with Crippen LogP contribution in [0.2, 0.25) is 0 Å². The van der Waals surface area contributed by atoms with Crippen molar-refractivity contribution in [1.82, 2.24) is 0 Å². The molecule has 0 aromatic rings. The number of hydrogen-bond donors (Lipinski definition) is 2. The molecule has 0 spiro atoms. The van der Waals surface area contributed by atoms with Crippen molar-refractivity contribution in [2.75, 3.05) is 11.5 Å². The summed E-state index contributed by atoms with van der Waals surface area (Å²) < 4.78 is 0. The van der Waals surface area contributed by atoms with E-state index in [1.165, 1.54) is 25.7 Å². The lowest BCUT2D eigenvalue weighted by molar-refractivity contribution is -0.138. The summed E-state index contributed by atoms with van der Waals surface area (Å²) in [4.78, 5) is 10.3. The first-order chi connectivity index (χ1) is 6.68. The molecule has 0 amide bonds. The fourth-order valence-corrected chi connectivity index (χ4v) is 3.00. The van der Waals surface area contributed by atoms with Crippen molar-refractivity contribution in [3.8, 4) is 0 Å². The molecule has 1 rings (SSSR count). The first-order valence-corrected chi connectivity index (χ1v) is 6.31. The zero-order valence-corrected chi connectivity index (χ0v) is 9.13. The van der Waals surface area contributed by atoms with E-state index in [9.17, 15) is 9.90 Å². The molecule has 1 fully saturated rings. The standard InChI is InChI=1S/C10H18O3S/c11-9(5-10(12)13)7-14-6-8-3-1-2-4-8/h8-9,11H,1-7H2,(H,12,13). The highest BCUT2D eigenvalue weighted by molar-refractivity contribution is 7.99. The zero-order valence-electron chi connectivity index (χ0n) is 8.32. The number of hydrogen-bond acceptors (Lipinski definition) is 3. The van der Waals surface area contributed by atoms with Gasteiger partial charge in [-0.2, -0.15) is 11.8 Å². The average Bonchev–Trinajstić information content (AvgIpc) is 2.55. The van der Waals surface area contributed by atoms with Crippen molar-refractivity contribution in [3.63, 3.8) is 0 Å².